The molecule has 1 unspecified atom stereocenters. The molecule has 0 aliphatic carbocycles. The summed E-state index contributed by atoms with van der Waals surface area (Å²) in [6.07, 6.45) is 0. The third-order valence-corrected chi connectivity index (χ3v) is 3.73. The average molecular weight is 249 g/mol. The molecule has 4 nitrogen and oxygen atoms in total. The predicted octanol–water partition coefficient (Wildman–Crippen LogP) is 1.24. The van der Waals surface area contributed by atoms with Crippen molar-refractivity contribution in [3.8, 4) is 0 Å². The van der Waals surface area contributed by atoms with Gasteiger partial charge in [-0.05, 0) is 32.0 Å². The van der Waals surface area contributed by atoms with Crippen molar-refractivity contribution in [2.24, 2.45) is 0 Å². The number of aliphatic carboxylic acids is 1. The Morgan fingerprint density at radius 3 is 2.50 bits per heavy atom. The molecule has 1 saturated heterocycles. The smallest absolute Gasteiger partial charge is 0.321 e. The van der Waals surface area contributed by atoms with Gasteiger partial charge in [0, 0.05) is 0 Å². The van der Waals surface area contributed by atoms with E-state index in [1.54, 1.807) is 7.05 Å². The first-order chi connectivity index (χ1) is 8.51. The van der Waals surface area contributed by atoms with E-state index >= 15 is 0 Å². The summed E-state index contributed by atoms with van der Waals surface area (Å²) in [5, 5.41) is 12.3. The maximum absolute atomic E-state index is 11.4. The summed E-state index contributed by atoms with van der Waals surface area (Å²) in [6, 6.07) is 5.52. The number of carboxylic acid groups (broad SMARTS) is 1. The Balaban J connectivity index is 2.46. The second-order valence-corrected chi connectivity index (χ2v) is 5.03. The Bertz CT molecular complexity index is 466. The first-order valence-electron chi connectivity index (χ1n) is 6.07. The van der Waals surface area contributed by atoms with Crippen molar-refractivity contribution in [2.45, 2.75) is 25.3 Å². The van der Waals surface area contributed by atoms with E-state index in [1.165, 1.54) is 5.56 Å². The fraction of sp³-hybridized carbons (Fsp3) is 0.500. The van der Waals surface area contributed by atoms with Crippen molar-refractivity contribution in [3.63, 3.8) is 0 Å². The molecule has 0 saturated carbocycles. The second kappa shape index (κ2) is 4.71. The summed E-state index contributed by atoms with van der Waals surface area (Å²) >= 11 is 0. The Labute approximate surface area is 107 Å². The van der Waals surface area contributed by atoms with Gasteiger partial charge in [-0.25, -0.2) is 0 Å². The number of likely N-dealkylation sites (N-methyl/N-ethyl adjacent to an activating group) is 1. The van der Waals surface area contributed by atoms with Gasteiger partial charge in [0.15, 0.2) is 0 Å². The van der Waals surface area contributed by atoms with Crippen LogP contribution in [-0.4, -0.2) is 37.4 Å². The monoisotopic (exact) mass is 249 g/mol. The molecule has 1 aliphatic heterocycles. The number of aryl methyl sites for hydroxylation is 2. The third-order valence-electron chi connectivity index (χ3n) is 3.73. The van der Waals surface area contributed by atoms with E-state index in [1.807, 2.05) is 26.0 Å². The fourth-order valence-electron chi connectivity index (χ4n) is 2.81. The Kier molecular flexibility index (Phi) is 3.41. The molecule has 1 aromatic rings. The average Bonchev–Trinajstić information content (AvgIpc) is 2.23. The number of benzene rings is 1. The van der Waals surface area contributed by atoms with Gasteiger partial charge in [0.25, 0.3) is 0 Å². The van der Waals surface area contributed by atoms with Crippen LogP contribution in [0.5, 0.6) is 0 Å². The molecule has 1 aromatic carbocycles. The molecular formula is C14H19NO3. The van der Waals surface area contributed by atoms with E-state index in [-0.39, 0.29) is 0 Å². The van der Waals surface area contributed by atoms with Crippen molar-refractivity contribution in [1.29, 1.82) is 0 Å². The van der Waals surface area contributed by atoms with Crippen molar-refractivity contribution >= 4 is 5.97 Å². The first-order valence-corrected chi connectivity index (χ1v) is 6.07. The topological polar surface area (TPSA) is 58.6 Å². The van der Waals surface area contributed by atoms with Crippen molar-refractivity contribution in [3.05, 3.63) is 34.9 Å². The Morgan fingerprint density at radius 1 is 1.44 bits per heavy atom. The quantitative estimate of drug-likeness (QED) is 0.843. The molecule has 0 spiro atoms. The minimum Gasteiger partial charge on any atom is -0.480 e. The highest BCUT2D eigenvalue weighted by Gasteiger charge is 2.50. The lowest BCUT2D eigenvalue weighted by molar-refractivity contribution is -0.150. The standard InChI is InChI=1S/C14H19NO3/c1-9-4-5-11(10(2)6-9)14(7-18-8-14)12(15-3)13(16)17/h4-6,12,15H,7-8H2,1-3H3,(H,16,17). The van der Waals surface area contributed by atoms with Crippen LogP contribution in [0.4, 0.5) is 0 Å². The highest BCUT2D eigenvalue weighted by molar-refractivity contribution is 5.77. The van der Waals surface area contributed by atoms with Crippen LogP contribution in [0.1, 0.15) is 16.7 Å². The van der Waals surface area contributed by atoms with Gasteiger partial charge in [-0.1, -0.05) is 23.8 Å². The molecule has 1 heterocycles. The van der Waals surface area contributed by atoms with Crippen molar-refractivity contribution in [1.82, 2.24) is 5.32 Å². The zero-order valence-electron chi connectivity index (χ0n) is 11.0. The van der Waals surface area contributed by atoms with Crippen LogP contribution < -0.4 is 5.32 Å². The van der Waals surface area contributed by atoms with Crippen LogP contribution in [0, 0.1) is 13.8 Å². The highest BCUT2D eigenvalue weighted by atomic mass is 16.5. The summed E-state index contributed by atoms with van der Waals surface area (Å²) in [6.45, 7) is 4.97. The molecule has 0 aromatic heterocycles. The van der Waals surface area contributed by atoms with Gasteiger partial charge in [0.2, 0.25) is 0 Å². The van der Waals surface area contributed by atoms with Crippen LogP contribution in [0.2, 0.25) is 0 Å². The Hall–Kier alpha value is -1.39. The van der Waals surface area contributed by atoms with Gasteiger partial charge in [-0.15, -0.1) is 0 Å². The molecule has 0 amide bonds. The zero-order chi connectivity index (χ0) is 13.3. The number of hydrogen-bond donors (Lipinski definition) is 2. The summed E-state index contributed by atoms with van der Waals surface area (Å²) in [5.41, 5.74) is 2.93. The number of carboxylic acids is 1. The minimum atomic E-state index is -0.833. The molecular weight excluding hydrogens is 230 g/mol. The normalized spacial score (nSPS) is 19.1. The predicted molar refractivity (Wildman–Crippen MR) is 68.9 cm³/mol. The van der Waals surface area contributed by atoms with E-state index in [4.69, 9.17) is 4.74 Å². The minimum absolute atomic E-state index is 0.446. The largest absolute Gasteiger partial charge is 0.480 e. The maximum atomic E-state index is 11.4. The molecule has 1 aliphatic rings. The molecule has 1 atom stereocenters. The number of carbonyl (C=O) groups is 1. The summed E-state index contributed by atoms with van der Waals surface area (Å²) in [5.74, 6) is -0.833. The van der Waals surface area contributed by atoms with E-state index in [9.17, 15) is 9.90 Å². The Morgan fingerprint density at radius 2 is 2.11 bits per heavy atom. The van der Waals surface area contributed by atoms with Gasteiger partial charge in [0.05, 0.1) is 18.6 Å². The number of nitrogens with one attached hydrogen (secondary N) is 1. The van der Waals surface area contributed by atoms with E-state index in [0.717, 1.165) is 11.1 Å². The van der Waals surface area contributed by atoms with Gasteiger partial charge in [-0.2, -0.15) is 0 Å². The van der Waals surface area contributed by atoms with E-state index < -0.39 is 17.4 Å². The van der Waals surface area contributed by atoms with Crippen LogP contribution >= 0.6 is 0 Å². The lowest BCUT2D eigenvalue weighted by atomic mass is 9.70. The van der Waals surface area contributed by atoms with Crippen LogP contribution in [-0.2, 0) is 14.9 Å². The van der Waals surface area contributed by atoms with E-state index in [2.05, 4.69) is 11.4 Å². The van der Waals surface area contributed by atoms with Gasteiger partial charge in [-0.3, -0.25) is 4.79 Å². The SMILES string of the molecule is CNC(C(=O)O)C1(c2ccc(C)cc2C)COC1. The van der Waals surface area contributed by atoms with Crippen LogP contribution in [0.3, 0.4) is 0 Å². The molecule has 18 heavy (non-hydrogen) atoms. The second-order valence-electron chi connectivity index (χ2n) is 5.03. The highest BCUT2D eigenvalue weighted by Crippen LogP contribution is 2.38. The van der Waals surface area contributed by atoms with Crippen LogP contribution in [0.25, 0.3) is 0 Å². The van der Waals surface area contributed by atoms with Crippen molar-refractivity contribution in [2.75, 3.05) is 20.3 Å². The molecule has 0 bridgehead atoms. The fourth-order valence-corrected chi connectivity index (χ4v) is 2.81. The van der Waals surface area contributed by atoms with E-state index in [0.29, 0.717) is 13.2 Å². The van der Waals surface area contributed by atoms with Gasteiger partial charge >= 0.3 is 5.97 Å². The summed E-state index contributed by atoms with van der Waals surface area (Å²) in [7, 11) is 1.68. The summed E-state index contributed by atoms with van der Waals surface area (Å²) in [4.78, 5) is 11.4. The van der Waals surface area contributed by atoms with Gasteiger partial charge in [0.1, 0.15) is 6.04 Å². The number of rotatable bonds is 4. The molecule has 4 heteroatoms. The first kappa shape index (κ1) is 13.1. The molecule has 1 fully saturated rings. The molecule has 2 N–H and O–H groups in total. The number of hydrogen-bond acceptors (Lipinski definition) is 3. The maximum Gasteiger partial charge on any atom is 0.321 e. The van der Waals surface area contributed by atoms with Crippen LogP contribution in [0.15, 0.2) is 18.2 Å². The molecule has 0 radical (unpaired) electrons. The third kappa shape index (κ3) is 1.91. The van der Waals surface area contributed by atoms with Gasteiger partial charge < -0.3 is 15.2 Å². The summed E-state index contributed by atoms with van der Waals surface area (Å²) < 4.78 is 5.31. The lowest BCUT2D eigenvalue weighted by Gasteiger charge is -2.46. The van der Waals surface area contributed by atoms with Crippen molar-refractivity contribution < 1.29 is 14.6 Å². The molecule has 98 valence electrons. The number of ether oxygens (including phenoxy) is 1. The zero-order valence-corrected chi connectivity index (χ0v) is 11.0. The molecule has 2 rings (SSSR count). The lowest BCUT2D eigenvalue weighted by Crippen LogP contribution is -2.62.